The Bertz CT molecular complexity index is 687. The Balaban J connectivity index is 1.66. The third kappa shape index (κ3) is 4.10. The van der Waals surface area contributed by atoms with Gasteiger partial charge in [0.1, 0.15) is 0 Å². The van der Waals surface area contributed by atoms with Gasteiger partial charge in [-0.05, 0) is 36.0 Å². The molecule has 1 atom stereocenters. The van der Waals surface area contributed by atoms with Crippen LogP contribution in [-0.2, 0) is 20.7 Å². The Morgan fingerprint density at radius 1 is 1.08 bits per heavy atom. The molecule has 3 rings (SSSR count). The number of hydrogen-bond acceptors (Lipinski definition) is 3. The normalized spacial score (nSPS) is 16.7. The SMILES string of the molecule is CCOC(=O)CC1(C(C)Cc2ccc(-c3ccccc3)cc2)COC1. The van der Waals surface area contributed by atoms with Gasteiger partial charge < -0.3 is 9.47 Å². The van der Waals surface area contributed by atoms with E-state index in [0.29, 0.717) is 32.2 Å². The van der Waals surface area contributed by atoms with Gasteiger partial charge in [0.25, 0.3) is 0 Å². The number of carbonyl (C=O) groups excluding carboxylic acids is 1. The van der Waals surface area contributed by atoms with E-state index in [-0.39, 0.29) is 11.4 Å². The Kier molecular flexibility index (Phi) is 5.54. The van der Waals surface area contributed by atoms with Crippen molar-refractivity contribution in [3.05, 3.63) is 60.2 Å². The van der Waals surface area contributed by atoms with Gasteiger partial charge in [-0.1, -0.05) is 61.5 Å². The summed E-state index contributed by atoms with van der Waals surface area (Å²) in [7, 11) is 0. The molecule has 0 aliphatic carbocycles. The molecule has 3 nitrogen and oxygen atoms in total. The molecule has 1 heterocycles. The van der Waals surface area contributed by atoms with Gasteiger partial charge in [-0.25, -0.2) is 0 Å². The number of ether oxygens (including phenoxy) is 2. The van der Waals surface area contributed by atoms with Crippen molar-refractivity contribution < 1.29 is 14.3 Å². The van der Waals surface area contributed by atoms with Crippen molar-refractivity contribution in [1.82, 2.24) is 0 Å². The number of hydrogen-bond donors (Lipinski definition) is 0. The van der Waals surface area contributed by atoms with E-state index in [2.05, 4.69) is 55.5 Å². The van der Waals surface area contributed by atoms with Crippen molar-refractivity contribution in [2.75, 3.05) is 19.8 Å². The van der Waals surface area contributed by atoms with Gasteiger partial charge in [0.2, 0.25) is 0 Å². The van der Waals surface area contributed by atoms with Crippen LogP contribution in [0.2, 0.25) is 0 Å². The summed E-state index contributed by atoms with van der Waals surface area (Å²) in [5, 5.41) is 0. The van der Waals surface area contributed by atoms with Crippen molar-refractivity contribution in [3.8, 4) is 11.1 Å². The Hall–Kier alpha value is -2.13. The van der Waals surface area contributed by atoms with E-state index in [0.717, 1.165) is 6.42 Å². The van der Waals surface area contributed by atoms with Gasteiger partial charge in [0, 0.05) is 5.41 Å². The van der Waals surface area contributed by atoms with Crippen LogP contribution < -0.4 is 0 Å². The van der Waals surface area contributed by atoms with Crippen LogP contribution in [0.15, 0.2) is 54.6 Å². The fourth-order valence-electron chi connectivity index (χ4n) is 3.46. The van der Waals surface area contributed by atoms with Crippen molar-refractivity contribution in [1.29, 1.82) is 0 Å². The van der Waals surface area contributed by atoms with E-state index in [1.54, 1.807) is 0 Å². The maximum Gasteiger partial charge on any atom is 0.306 e. The maximum atomic E-state index is 11.9. The summed E-state index contributed by atoms with van der Waals surface area (Å²) >= 11 is 0. The number of esters is 1. The Labute approximate surface area is 150 Å². The summed E-state index contributed by atoms with van der Waals surface area (Å²) in [5.41, 5.74) is 3.67. The lowest BCUT2D eigenvalue weighted by atomic mass is 9.70. The molecule has 0 amide bonds. The van der Waals surface area contributed by atoms with Crippen molar-refractivity contribution in [2.45, 2.75) is 26.7 Å². The number of carbonyl (C=O) groups is 1. The van der Waals surface area contributed by atoms with Crippen LogP contribution >= 0.6 is 0 Å². The molecule has 25 heavy (non-hydrogen) atoms. The van der Waals surface area contributed by atoms with Crippen molar-refractivity contribution in [2.24, 2.45) is 11.3 Å². The lowest BCUT2D eigenvalue weighted by molar-refractivity contribution is -0.172. The summed E-state index contributed by atoms with van der Waals surface area (Å²) in [5.74, 6) is 0.255. The van der Waals surface area contributed by atoms with Crippen LogP contribution in [0.1, 0.15) is 25.8 Å². The smallest absolute Gasteiger partial charge is 0.306 e. The highest BCUT2D eigenvalue weighted by molar-refractivity contribution is 5.70. The predicted octanol–water partition coefficient (Wildman–Crippen LogP) is 4.50. The number of rotatable bonds is 7. The summed E-state index contributed by atoms with van der Waals surface area (Å²) in [4.78, 5) is 11.9. The minimum absolute atomic E-state index is 0.0790. The van der Waals surface area contributed by atoms with Gasteiger partial charge in [0.15, 0.2) is 0 Å². The van der Waals surface area contributed by atoms with Gasteiger partial charge in [-0.3, -0.25) is 4.79 Å². The standard InChI is InChI=1S/C22H26O3/c1-3-25-21(23)14-22(15-24-16-22)17(2)13-18-9-11-20(12-10-18)19-7-5-4-6-8-19/h4-12,17H,3,13-16H2,1-2H3. The fourth-order valence-corrected chi connectivity index (χ4v) is 3.46. The van der Waals surface area contributed by atoms with Crippen LogP contribution in [-0.4, -0.2) is 25.8 Å². The zero-order valence-corrected chi connectivity index (χ0v) is 15.0. The van der Waals surface area contributed by atoms with Crippen LogP contribution in [0.4, 0.5) is 0 Å². The minimum Gasteiger partial charge on any atom is -0.466 e. The molecule has 1 fully saturated rings. The quantitative estimate of drug-likeness (QED) is 0.697. The van der Waals surface area contributed by atoms with Crippen molar-refractivity contribution in [3.63, 3.8) is 0 Å². The average Bonchev–Trinajstić information content (AvgIpc) is 2.60. The third-order valence-electron chi connectivity index (χ3n) is 5.23. The molecule has 132 valence electrons. The van der Waals surface area contributed by atoms with Crippen LogP contribution in [0.5, 0.6) is 0 Å². The van der Waals surface area contributed by atoms with Crippen LogP contribution in [0.25, 0.3) is 11.1 Å². The average molecular weight is 338 g/mol. The molecule has 0 N–H and O–H groups in total. The minimum atomic E-state index is -0.114. The topological polar surface area (TPSA) is 35.5 Å². The zero-order chi connectivity index (χ0) is 17.7. The molecule has 3 heteroatoms. The maximum absolute atomic E-state index is 11.9. The Morgan fingerprint density at radius 3 is 2.28 bits per heavy atom. The van der Waals surface area contributed by atoms with E-state index in [9.17, 15) is 4.79 Å². The molecule has 1 unspecified atom stereocenters. The third-order valence-corrected chi connectivity index (χ3v) is 5.23. The van der Waals surface area contributed by atoms with E-state index >= 15 is 0 Å². The first-order valence-electron chi connectivity index (χ1n) is 9.01. The monoisotopic (exact) mass is 338 g/mol. The zero-order valence-electron chi connectivity index (χ0n) is 15.0. The molecule has 1 aliphatic rings. The van der Waals surface area contributed by atoms with E-state index in [1.165, 1.54) is 16.7 Å². The van der Waals surface area contributed by atoms with E-state index in [4.69, 9.17) is 9.47 Å². The highest BCUT2D eigenvalue weighted by Crippen LogP contribution is 2.41. The predicted molar refractivity (Wildman–Crippen MR) is 99.2 cm³/mol. The highest BCUT2D eigenvalue weighted by Gasteiger charge is 2.45. The molecule has 1 saturated heterocycles. The molecule has 1 aliphatic heterocycles. The second-order valence-corrected chi connectivity index (χ2v) is 7.01. The van der Waals surface area contributed by atoms with Gasteiger partial charge >= 0.3 is 5.97 Å². The molecule has 2 aromatic carbocycles. The summed E-state index contributed by atoms with van der Waals surface area (Å²) in [6.45, 7) is 5.79. The first-order valence-corrected chi connectivity index (χ1v) is 9.01. The second-order valence-electron chi connectivity index (χ2n) is 7.01. The summed E-state index contributed by atoms with van der Waals surface area (Å²) in [6.07, 6.45) is 1.39. The van der Waals surface area contributed by atoms with E-state index in [1.807, 2.05) is 13.0 Å². The summed E-state index contributed by atoms with van der Waals surface area (Å²) < 4.78 is 10.6. The van der Waals surface area contributed by atoms with Gasteiger partial charge in [-0.15, -0.1) is 0 Å². The molecule has 0 spiro atoms. The highest BCUT2D eigenvalue weighted by atomic mass is 16.5. The van der Waals surface area contributed by atoms with Gasteiger partial charge in [0.05, 0.1) is 26.2 Å². The molecule has 0 aromatic heterocycles. The van der Waals surface area contributed by atoms with Crippen molar-refractivity contribution >= 4 is 5.97 Å². The first-order chi connectivity index (χ1) is 12.1. The molecule has 0 saturated carbocycles. The fraction of sp³-hybridized carbons (Fsp3) is 0.409. The largest absolute Gasteiger partial charge is 0.466 e. The van der Waals surface area contributed by atoms with E-state index < -0.39 is 0 Å². The molecule has 0 bridgehead atoms. The number of benzene rings is 2. The summed E-state index contributed by atoms with van der Waals surface area (Å²) in [6, 6.07) is 19.1. The molecule has 2 aromatic rings. The Morgan fingerprint density at radius 2 is 1.72 bits per heavy atom. The molecular weight excluding hydrogens is 312 g/mol. The van der Waals surface area contributed by atoms with Crippen LogP contribution in [0, 0.1) is 11.3 Å². The van der Waals surface area contributed by atoms with Gasteiger partial charge in [-0.2, -0.15) is 0 Å². The van der Waals surface area contributed by atoms with Crippen LogP contribution in [0.3, 0.4) is 0 Å². The first kappa shape index (κ1) is 17.7. The lowest BCUT2D eigenvalue weighted by Crippen LogP contribution is -2.49. The second kappa shape index (κ2) is 7.83. The molecule has 0 radical (unpaired) electrons. The molecular formula is C22H26O3. The lowest BCUT2D eigenvalue weighted by Gasteiger charge is -2.45.